The average molecular weight is 267 g/mol. The molecular formula is C12H17N3O2S. The van der Waals surface area contributed by atoms with Gasteiger partial charge >= 0.3 is 0 Å². The zero-order valence-electron chi connectivity index (χ0n) is 10.5. The number of nitrogens with one attached hydrogen (secondary N) is 1. The summed E-state index contributed by atoms with van der Waals surface area (Å²) in [6.45, 7) is 3.47. The summed E-state index contributed by atoms with van der Waals surface area (Å²) >= 11 is 5.02. The third kappa shape index (κ3) is 2.53. The van der Waals surface area contributed by atoms with Crippen LogP contribution in [0.5, 0.6) is 0 Å². The summed E-state index contributed by atoms with van der Waals surface area (Å²) in [5.41, 5.74) is 6.29. The number of oxazole rings is 1. The molecule has 1 fully saturated rings. The number of thiocarbonyl (C=S) groups is 1. The molecule has 0 bridgehead atoms. The molecule has 98 valence electrons. The van der Waals surface area contributed by atoms with Crippen LogP contribution in [-0.2, 0) is 0 Å². The van der Waals surface area contributed by atoms with Gasteiger partial charge in [-0.25, -0.2) is 4.98 Å². The van der Waals surface area contributed by atoms with Gasteiger partial charge in [0.2, 0.25) is 5.76 Å². The van der Waals surface area contributed by atoms with Gasteiger partial charge in [0.25, 0.3) is 5.91 Å². The molecule has 0 aliphatic heterocycles. The van der Waals surface area contributed by atoms with E-state index in [2.05, 4.69) is 10.3 Å². The molecule has 1 amide bonds. The Balaban J connectivity index is 2.07. The normalized spacial score (nSPS) is 23.0. The van der Waals surface area contributed by atoms with Crippen molar-refractivity contribution in [1.29, 1.82) is 0 Å². The molecule has 18 heavy (non-hydrogen) atoms. The van der Waals surface area contributed by atoms with Crippen LogP contribution in [0.1, 0.15) is 41.4 Å². The highest BCUT2D eigenvalue weighted by Crippen LogP contribution is 2.26. The molecule has 6 heteroatoms. The molecule has 0 spiro atoms. The molecule has 2 unspecified atom stereocenters. The number of aromatic nitrogens is 1. The van der Waals surface area contributed by atoms with Crippen molar-refractivity contribution in [1.82, 2.24) is 10.3 Å². The van der Waals surface area contributed by atoms with E-state index in [0.29, 0.717) is 16.6 Å². The Morgan fingerprint density at radius 2 is 2.22 bits per heavy atom. The summed E-state index contributed by atoms with van der Waals surface area (Å²) in [6.07, 6.45) is 2.87. The first kappa shape index (κ1) is 13.0. The molecule has 1 aliphatic carbocycles. The van der Waals surface area contributed by atoms with Crippen molar-refractivity contribution in [3.63, 3.8) is 0 Å². The predicted molar refractivity (Wildman–Crippen MR) is 71.4 cm³/mol. The van der Waals surface area contributed by atoms with Crippen molar-refractivity contribution in [2.45, 2.75) is 39.2 Å². The number of amides is 1. The zero-order valence-corrected chi connectivity index (χ0v) is 11.3. The highest BCUT2D eigenvalue weighted by atomic mass is 32.1. The van der Waals surface area contributed by atoms with Gasteiger partial charge in [-0.05, 0) is 19.8 Å². The van der Waals surface area contributed by atoms with Gasteiger partial charge < -0.3 is 15.5 Å². The Morgan fingerprint density at radius 1 is 1.50 bits per heavy atom. The number of nitrogens with two attached hydrogens (primary N) is 1. The van der Waals surface area contributed by atoms with Gasteiger partial charge in [-0.1, -0.05) is 18.6 Å². The van der Waals surface area contributed by atoms with Crippen LogP contribution in [0.15, 0.2) is 4.42 Å². The van der Waals surface area contributed by atoms with Crippen LogP contribution in [0.3, 0.4) is 0 Å². The van der Waals surface area contributed by atoms with Crippen LogP contribution in [-0.4, -0.2) is 21.9 Å². The largest absolute Gasteiger partial charge is 0.436 e. The van der Waals surface area contributed by atoms with Crippen LogP contribution >= 0.6 is 12.2 Å². The van der Waals surface area contributed by atoms with Gasteiger partial charge in [-0.2, -0.15) is 0 Å². The second kappa shape index (κ2) is 5.06. The van der Waals surface area contributed by atoms with E-state index in [-0.39, 0.29) is 23.6 Å². The number of hydrogen-bond donors (Lipinski definition) is 2. The lowest BCUT2D eigenvalue weighted by atomic mass is 10.0. The first-order valence-corrected chi connectivity index (χ1v) is 6.44. The second-order valence-corrected chi connectivity index (χ2v) is 5.14. The Kier molecular flexibility index (Phi) is 3.65. The fourth-order valence-electron chi connectivity index (χ4n) is 2.45. The van der Waals surface area contributed by atoms with E-state index in [9.17, 15) is 4.79 Å². The summed E-state index contributed by atoms with van der Waals surface area (Å²) in [4.78, 5) is 16.6. The van der Waals surface area contributed by atoms with Crippen molar-refractivity contribution in [3.8, 4) is 0 Å². The maximum absolute atomic E-state index is 12.1. The fraction of sp³-hybridized carbons (Fsp3) is 0.583. The highest BCUT2D eigenvalue weighted by molar-refractivity contribution is 7.80. The van der Waals surface area contributed by atoms with Crippen molar-refractivity contribution >= 4 is 23.1 Å². The Labute approximate surface area is 111 Å². The van der Waals surface area contributed by atoms with Gasteiger partial charge in [0, 0.05) is 18.9 Å². The Hall–Kier alpha value is -1.43. The lowest BCUT2D eigenvalue weighted by Gasteiger charge is -2.19. The van der Waals surface area contributed by atoms with Gasteiger partial charge in [0.1, 0.15) is 0 Å². The van der Waals surface area contributed by atoms with Crippen LogP contribution in [0.2, 0.25) is 0 Å². The van der Waals surface area contributed by atoms with E-state index in [1.807, 2.05) is 0 Å². The summed E-state index contributed by atoms with van der Waals surface area (Å²) in [7, 11) is 0. The molecule has 1 aliphatic rings. The minimum absolute atomic E-state index is 0.0137. The summed E-state index contributed by atoms with van der Waals surface area (Å²) in [6, 6.07) is 0.0137. The molecule has 0 radical (unpaired) electrons. The quantitative estimate of drug-likeness (QED) is 0.811. The van der Waals surface area contributed by atoms with E-state index < -0.39 is 0 Å². The van der Waals surface area contributed by atoms with Gasteiger partial charge in [-0.3, -0.25) is 4.79 Å². The molecule has 2 atom stereocenters. The maximum atomic E-state index is 12.1. The van der Waals surface area contributed by atoms with E-state index in [4.69, 9.17) is 22.4 Å². The summed E-state index contributed by atoms with van der Waals surface area (Å²) in [5, 5.41) is 2.94. The number of nitrogens with zero attached hydrogens (tertiary/aromatic N) is 1. The van der Waals surface area contributed by atoms with E-state index >= 15 is 0 Å². The lowest BCUT2D eigenvalue weighted by molar-refractivity contribution is 0.0903. The minimum Gasteiger partial charge on any atom is -0.436 e. The molecule has 1 aromatic rings. The molecule has 1 heterocycles. The topological polar surface area (TPSA) is 81.2 Å². The molecule has 0 aromatic carbocycles. The predicted octanol–water partition coefficient (Wildman–Crippen LogP) is 1.48. The monoisotopic (exact) mass is 267 g/mol. The minimum atomic E-state index is -0.235. The van der Waals surface area contributed by atoms with Crippen LogP contribution in [0, 0.1) is 19.8 Å². The summed E-state index contributed by atoms with van der Waals surface area (Å²) < 4.78 is 5.29. The van der Waals surface area contributed by atoms with E-state index in [1.165, 1.54) is 0 Å². The van der Waals surface area contributed by atoms with E-state index in [1.54, 1.807) is 13.8 Å². The highest BCUT2D eigenvalue weighted by Gasteiger charge is 2.31. The average Bonchev–Trinajstić information content (AvgIpc) is 2.85. The molecule has 5 nitrogen and oxygen atoms in total. The number of hydrogen-bond acceptors (Lipinski definition) is 4. The maximum Gasteiger partial charge on any atom is 0.289 e. The molecule has 2 rings (SSSR count). The van der Waals surface area contributed by atoms with Crippen molar-refractivity contribution < 1.29 is 9.21 Å². The standard InChI is InChI=1S/C12H17N3O2S/c1-6-10(17-7(2)14-6)12(16)15-9-5-3-4-8(9)11(13)18/h8-9H,3-5H2,1-2H3,(H2,13,18)(H,15,16). The van der Waals surface area contributed by atoms with Crippen LogP contribution < -0.4 is 11.1 Å². The van der Waals surface area contributed by atoms with Crippen LogP contribution in [0.25, 0.3) is 0 Å². The third-order valence-corrected chi connectivity index (χ3v) is 3.61. The lowest BCUT2D eigenvalue weighted by Crippen LogP contribution is -2.41. The van der Waals surface area contributed by atoms with E-state index in [0.717, 1.165) is 19.3 Å². The van der Waals surface area contributed by atoms with Crippen LogP contribution in [0.4, 0.5) is 0 Å². The number of carbonyl (C=O) groups is 1. The van der Waals surface area contributed by atoms with Gasteiger partial charge in [-0.15, -0.1) is 0 Å². The summed E-state index contributed by atoms with van der Waals surface area (Å²) in [5.74, 6) is 0.630. The molecule has 1 saturated carbocycles. The SMILES string of the molecule is Cc1nc(C)c(C(=O)NC2CCCC2C(N)=S)o1. The third-order valence-electron chi connectivity index (χ3n) is 3.31. The molecule has 3 N–H and O–H groups in total. The smallest absolute Gasteiger partial charge is 0.289 e. The molecule has 0 saturated heterocycles. The first-order valence-electron chi connectivity index (χ1n) is 6.03. The first-order chi connectivity index (χ1) is 8.49. The Bertz CT molecular complexity index is 484. The number of carbonyl (C=O) groups excluding carboxylic acids is 1. The van der Waals surface area contributed by atoms with Crippen molar-refractivity contribution in [2.75, 3.05) is 0 Å². The van der Waals surface area contributed by atoms with Crippen molar-refractivity contribution in [2.24, 2.45) is 11.7 Å². The van der Waals surface area contributed by atoms with Gasteiger partial charge in [0.05, 0.1) is 10.7 Å². The Morgan fingerprint density at radius 3 is 2.78 bits per heavy atom. The number of aryl methyl sites for hydroxylation is 2. The number of rotatable bonds is 3. The van der Waals surface area contributed by atoms with Crippen molar-refractivity contribution in [3.05, 3.63) is 17.3 Å². The molecule has 1 aromatic heterocycles. The zero-order chi connectivity index (χ0) is 13.3. The molecular weight excluding hydrogens is 250 g/mol. The fourth-order valence-corrected chi connectivity index (χ4v) is 2.73. The second-order valence-electron chi connectivity index (χ2n) is 4.67. The van der Waals surface area contributed by atoms with Gasteiger partial charge in [0.15, 0.2) is 5.89 Å².